The number of benzene rings is 1. The number of nitrogens with zero attached hydrogens (tertiary/aromatic N) is 1. The Bertz CT molecular complexity index is 610. The highest BCUT2D eigenvalue weighted by atomic mass is 35.5. The van der Waals surface area contributed by atoms with Crippen LogP contribution in [-0.2, 0) is 4.79 Å². The van der Waals surface area contributed by atoms with Gasteiger partial charge in [0.2, 0.25) is 0 Å². The molecule has 1 aliphatic rings. The Morgan fingerprint density at radius 3 is 2.68 bits per heavy atom. The molecule has 1 fully saturated rings. The molecule has 25 heavy (non-hydrogen) atoms. The molecule has 4 N–H and O–H groups in total. The molecule has 140 valence electrons. The van der Waals surface area contributed by atoms with Crippen LogP contribution in [0.15, 0.2) is 18.2 Å². The highest BCUT2D eigenvalue weighted by Gasteiger charge is 2.27. The van der Waals surface area contributed by atoms with E-state index in [0.29, 0.717) is 29.5 Å². The minimum absolute atomic E-state index is 0. The van der Waals surface area contributed by atoms with Gasteiger partial charge in [0.15, 0.2) is 18.1 Å². The zero-order valence-corrected chi connectivity index (χ0v) is 15.4. The zero-order chi connectivity index (χ0) is 17.7. The molecule has 1 heterocycles. The molecular formula is C17H26ClN3O4. The van der Waals surface area contributed by atoms with Gasteiger partial charge in [-0.05, 0) is 43.9 Å². The largest absolute Gasteiger partial charge is 0.493 e. The third-order valence-electron chi connectivity index (χ3n) is 4.27. The van der Waals surface area contributed by atoms with Gasteiger partial charge in [0, 0.05) is 24.7 Å². The Labute approximate surface area is 154 Å². The van der Waals surface area contributed by atoms with Gasteiger partial charge < -0.3 is 25.8 Å². The lowest BCUT2D eigenvalue weighted by Gasteiger charge is -2.34. The van der Waals surface area contributed by atoms with Gasteiger partial charge in [-0.2, -0.15) is 0 Å². The van der Waals surface area contributed by atoms with Crippen molar-refractivity contribution in [3.05, 3.63) is 23.8 Å². The maximum atomic E-state index is 12.7. The number of nitrogens with two attached hydrogens (primary N) is 2. The summed E-state index contributed by atoms with van der Waals surface area (Å²) >= 11 is 0. The molecule has 1 aromatic rings. The number of carbonyl (C=O) groups excluding carboxylic acids is 2. The number of hydrogen-bond acceptors (Lipinski definition) is 5. The first-order chi connectivity index (χ1) is 11.4. The molecular weight excluding hydrogens is 346 g/mol. The molecule has 1 saturated heterocycles. The van der Waals surface area contributed by atoms with E-state index in [2.05, 4.69) is 0 Å². The highest BCUT2D eigenvalue weighted by molar-refractivity contribution is 5.95. The van der Waals surface area contributed by atoms with Crippen molar-refractivity contribution in [3.8, 4) is 11.5 Å². The van der Waals surface area contributed by atoms with Gasteiger partial charge in [0.05, 0.1) is 7.11 Å². The Kier molecular flexibility index (Phi) is 7.99. The van der Waals surface area contributed by atoms with Gasteiger partial charge in [0.25, 0.3) is 11.8 Å². The fourth-order valence-corrected chi connectivity index (χ4v) is 2.87. The number of primary amides is 1. The highest BCUT2D eigenvalue weighted by Crippen LogP contribution is 2.29. The van der Waals surface area contributed by atoms with Crippen LogP contribution in [0.25, 0.3) is 0 Å². The first kappa shape index (κ1) is 21.1. The Balaban J connectivity index is 0.00000312. The van der Waals surface area contributed by atoms with E-state index >= 15 is 0 Å². The van der Waals surface area contributed by atoms with Crippen molar-refractivity contribution in [1.82, 2.24) is 4.90 Å². The quantitative estimate of drug-likeness (QED) is 0.780. The Hall–Kier alpha value is -1.99. The molecule has 7 nitrogen and oxygen atoms in total. The second-order valence-corrected chi connectivity index (χ2v) is 6.13. The third-order valence-corrected chi connectivity index (χ3v) is 4.27. The normalized spacial score (nSPS) is 18.0. The van der Waals surface area contributed by atoms with Crippen LogP contribution in [0.2, 0.25) is 0 Å². The van der Waals surface area contributed by atoms with Crippen LogP contribution < -0.4 is 20.9 Å². The summed E-state index contributed by atoms with van der Waals surface area (Å²) in [5, 5.41) is 0. The molecule has 2 atom stereocenters. The predicted molar refractivity (Wildman–Crippen MR) is 97.2 cm³/mol. The standard InChI is InChI=1S/C17H25N3O4.ClH/c1-11(18)13-4-3-7-20(9-13)17(22)12-5-6-14(15(8-12)23-2)24-10-16(19)21;/h5-6,8,11,13H,3-4,7,9-10,18H2,1-2H3,(H2,19,21);1H. The number of likely N-dealkylation sites (tertiary alicyclic amines) is 1. The second-order valence-electron chi connectivity index (χ2n) is 6.13. The molecule has 0 saturated carbocycles. The molecule has 1 aromatic carbocycles. The summed E-state index contributed by atoms with van der Waals surface area (Å²) in [5.74, 6) is 0.457. The van der Waals surface area contributed by atoms with Crippen molar-refractivity contribution >= 4 is 24.2 Å². The van der Waals surface area contributed by atoms with E-state index in [9.17, 15) is 9.59 Å². The number of piperidine rings is 1. The van der Waals surface area contributed by atoms with Crippen LogP contribution in [0.5, 0.6) is 11.5 Å². The van der Waals surface area contributed by atoms with Crippen LogP contribution in [0, 0.1) is 5.92 Å². The monoisotopic (exact) mass is 371 g/mol. The van der Waals surface area contributed by atoms with Gasteiger partial charge in [-0.3, -0.25) is 9.59 Å². The minimum Gasteiger partial charge on any atom is -0.493 e. The summed E-state index contributed by atoms with van der Waals surface area (Å²) in [6, 6.07) is 4.96. The Morgan fingerprint density at radius 1 is 1.36 bits per heavy atom. The lowest BCUT2D eigenvalue weighted by atomic mass is 9.92. The smallest absolute Gasteiger partial charge is 0.255 e. The fourth-order valence-electron chi connectivity index (χ4n) is 2.87. The third kappa shape index (κ3) is 5.51. The maximum Gasteiger partial charge on any atom is 0.255 e. The SMILES string of the molecule is COc1cc(C(=O)N2CCCC(C(C)N)C2)ccc1OCC(N)=O.Cl. The number of amides is 2. The number of halogens is 1. The Morgan fingerprint density at radius 2 is 2.08 bits per heavy atom. The molecule has 2 rings (SSSR count). The summed E-state index contributed by atoms with van der Waals surface area (Å²) < 4.78 is 10.5. The first-order valence-corrected chi connectivity index (χ1v) is 8.06. The fraction of sp³-hybridized carbons (Fsp3) is 0.529. The molecule has 0 radical (unpaired) electrons. The molecule has 2 unspecified atom stereocenters. The summed E-state index contributed by atoms with van der Waals surface area (Å²) in [5.41, 5.74) is 11.6. The number of ether oxygens (including phenoxy) is 2. The summed E-state index contributed by atoms with van der Waals surface area (Å²) in [6.45, 7) is 3.13. The van der Waals surface area contributed by atoms with Crippen LogP contribution in [0.3, 0.4) is 0 Å². The van der Waals surface area contributed by atoms with E-state index < -0.39 is 5.91 Å². The van der Waals surface area contributed by atoms with E-state index in [4.69, 9.17) is 20.9 Å². The molecule has 0 spiro atoms. The van der Waals surface area contributed by atoms with Gasteiger partial charge in [-0.1, -0.05) is 0 Å². The number of methoxy groups -OCH3 is 1. The van der Waals surface area contributed by atoms with Gasteiger partial charge in [-0.25, -0.2) is 0 Å². The molecule has 0 bridgehead atoms. The second kappa shape index (κ2) is 9.48. The number of rotatable bonds is 6. The lowest BCUT2D eigenvalue weighted by molar-refractivity contribution is -0.119. The van der Waals surface area contributed by atoms with Crippen LogP contribution in [0.1, 0.15) is 30.1 Å². The van der Waals surface area contributed by atoms with Crippen molar-refractivity contribution in [3.63, 3.8) is 0 Å². The van der Waals surface area contributed by atoms with Gasteiger partial charge >= 0.3 is 0 Å². The minimum atomic E-state index is -0.576. The van der Waals surface area contributed by atoms with Crippen molar-refractivity contribution in [2.75, 3.05) is 26.8 Å². The molecule has 2 amide bonds. The summed E-state index contributed by atoms with van der Waals surface area (Å²) in [7, 11) is 1.48. The molecule has 0 aromatic heterocycles. The molecule has 8 heteroatoms. The molecule has 0 aliphatic carbocycles. The van der Waals surface area contributed by atoms with Gasteiger partial charge in [0.1, 0.15) is 0 Å². The van der Waals surface area contributed by atoms with Crippen molar-refractivity contribution in [1.29, 1.82) is 0 Å². The van der Waals surface area contributed by atoms with Crippen LogP contribution >= 0.6 is 12.4 Å². The van der Waals surface area contributed by atoms with E-state index in [-0.39, 0.29) is 31.0 Å². The van der Waals surface area contributed by atoms with Crippen LogP contribution in [-0.4, -0.2) is 49.6 Å². The van der Waals surface area contributed by atoms with Crippen molar-refractivity contribution in [2.45, 2.75) is 25.8 Å². The van der Waals surface area contributed by atoms with Crippen LogP contribution in [0.4, 0.5) is 0 Å². The van der Waals surface area contributed by atoms with E-state index in [1.165, 1.54) is 7.11 Å². The first-order valence-electron chi connectivity index (χ1n) is 8.06. The summed E-state index contributed by atoms with van der Waals surface area (Å²) in [4.78, 5) is 25.4. The average Bonchev–Trinajstić information content (AvgIpc) is 2.59. The number of hydrogen-bond donors (Lipinski definition) is 2. The topological polar surface area (TPSA) is 108 Å². The summed E-state index contributed by atoms with van der Waals surface area (Å²) in [6.07, 6.45) is 2.00. The molecule has 1 aliphatic heterocycles. The van der Waals surface area contributed by atoms with E-state index in [1.54, 1.807) is 18.2 Å². The van der Waals surface area contributed by atoms with E-state index in [0.717, 1.165) is 19.4 Å². The predicted octanol–water partition coefficient (Wildman–Crippen LogP) is 1.18. The number of carbonyl (C=O) groups is 2. The van der Waals surface area contributed by atoms with E-state index in [1.807, 2.05) is 11.8 Å². The van der Waals surface area contributed by atoms with Gasteiger partial charge in [-0.15, -0.1) is 12.4 Å². The lowest BCUT2D eigenvalue weighted by Crippen LogP contribution is -2.45. The zero-order valence-electron chi connectivity index (χ0n) is 14.6. The van der Waals surface area contributed by atoms with Crippen molar-refractivity contribution in [2.24, 2.45) is 17.4 Å². The maximum absolute atomic E-state index is 12.7. The average molecular weight is 372 g/mol. The van der Waals surface area contributed by atoms with Crippen molar-refractivity contribution < 1.29 is 19.1 Å².